The van der Waals surface area contributed by atoms with Crippen LogP contribution in [0.15, 0.2) is 36.4 Å². The summed E-state index contributed by atoms with van der Waals surface area (Å²) in [4.78, 5) is 2.90. The van der Waals surface area contributed by atoms with Crippen LogP contribution < -0.4 is 5.32 Å². The van der Waals surface area contributed by atoms with E-state index in [2.05, 4.69) is 62.5 Å². The van der Waals surface area contributed by atoms with Gasteiger partial charge in [0.1, 0.15) is 0 Å². The third-order valence-electron chi connectivity index (χ3n) is 3.50. The molecule has 0 spiro atoms. The Bertz CT molecular complexity index is 498. The van der Waals surface area contributed by atoms with Crippen LogP contribution in [0.25, 0.3) is 0 Å². The van der Waals surface area contributed by atoms with Gasteiger partial charge >= 0.3 is 0 Å². The van der Waals surface area contributed by atoms with Crippen molar-refractivity contribution in [2.45, 2.75) is 46.2 Å². The van der Waals surface area contributed by atoms with Gasteiger partial charge in [-0.1, -0.05) is 38.1 Å². The molecule has 2 rings (SSSR count). The first-order valence-electron chi connectivity index (χ1n) is 7.12. The van der Waals surface area contributed by atoms with E-state index < -0.39 is 0 Å². The average molecular weight is 273 g/mol. The molecule has 2 aromatic rings. The van der Waals surface area contributed by atoms with Crippen LogP contribution in [0.5, 0.6) is 0 Å². The first-order chi connectivity index (χ1) is 9.22. The van der Waals surface area contributed by atoms with Gasteiger partial charge in [0.2, 0.25) is 0 Å². The Labute approximate surface area is 120 Å². The largest absolute Gasteiger partial charge is 0.305 e. The van der Waals surface area contributed by atoms with Gasteiger partial charge in [0.05, 0.1) is 0 Å². The average Bonchev–Trinajstić information content (AvgIpc) is 2.94. The fourth-order valence-corrected chi connectivity index (χ4v) is 3.06. The van der Waals surface area contributed by atoms with Gasteiger partial charge in [-0.25, -0.2) is 0 Å². The number of rotatable bonds is 6. The summed E-state index contributed by atoms with van der Waals surface area (Å²) >= 11 is 1.92. The second-order valence-electron chi connectivity index (χ2n) is 4.93. The summed E-state index contributed by atoms with van der Waals surface area (Å²) in [5, 5.41) is 3.60. The van der Waals surface area contributed by atoms with Crippen molar-refractivity contribution in [2.24, 2.45) is 0 Å². The van der Waals surface area contributed by atoms with Crippen molar-refractivity contribution in [1.29, 1.82) is 0 Å². The maximum absolute atomic E-state index is 3.60. The van der Waals surface area contributed by atoms with Crippen LogP contribution in [-0.4, -0.2) is 0 Å². The summed E-state index contributed by atoms with van der Waals surface area (Å²) in [6.45, 7) is 7.58. The van der Waals surface area contributed by atoms with E-state index in [0.717, 1.165) is 19.4 Å². The number of aryl methyl sites for hydroxylation is 2. The van der Waals surface area contributed by atoms with E-state index in [9.17, 15) is 0 Å². The van der Waals surface area contributed by atoms with E-state index in [0.29, 0.717) is 6.04 Å². The Morgan fingerprint density at radius 1 is 0.947 bits per heavy atom. The van der Waals surface area contributed by atoms with Crippen molar-refractivity contribution in [2.75, 3.05) is 0 Å². The molecule has 1 aromatic carbocycles. The Kier molecular flexibility index (Phi) is 5.17. The first-order valence-corrected chi connectivity index (χ1v) is 7.94. The van der Waals surface area contributed by atoms with Crippen molar-refractivity contribution in [3.63, 3.8) is 0 Å². The lowest BCUT2D eigenvalue weighted by molar-refractivity contribution is 0.583. The van der Waals surface area contributed by atoms with Gasteiger partial charge in [-0.05, 0) is 43.0 Å². The lowest BCUT2D eigenvalue weighted by atomic mass is 10.1. The third kappa shape index (κ3) is 3.92. The molecular formula is C17H23NS. The van der Waals surface area contributed by atoms with E-state index in [-0.39, 0.29) is 0 Å². The zero-order valence-corrected chi connectivity index (χ0v) is 12.9. The highest BCUT2D eigenvalue weighted by Crippen LogP contribution is 2.23. The van der Waals surface area contributed by atoms with Crippen LogP contribution in [0.2, 0.25) is 0 Å². The van der Waals surface area contributed by atoms with Gasteiger partial charge in [-0.15, -0.1) is 11.3 Å². The molecule has 0 radical (unpaired) electrons. The van der Waals surface area contributed by atoms with Gasteiger partial charge < -0.3 is 5.32 Å². The lowest BCUT2D eigenvalue weighted by Gasteiger charge is -2.12. The molecule has 0 fully saturated rings. The molecule has 1 unspecified atom stereocenters. The summed E-state index contributed by atoms with van der Waals surface area (Å²) in [6, 6.07) is 13.8. The summed E-state index contributed by atoms with van der Waals surface area (Å²) in [6.07, 6.45) is 2.25. The molecule has 1 heterocycles. The molecule has 0 aliphatic heterocycles. The van der Waals surface area contributed by atoms with Crippen molar-refractivity contribution >= 4 is 11.3 Å². The first kappa shape index (κ1) is 14.3. The Hall–Kier alpha value is -1.12. The van der Waals surface area contributed by atoms with Crippen molar-refractivity contribution in [3.8, 4) is 0 Å². The van der Waals surface area contributed by atoms with Gasteiger partial charge in [0.25, 0.3) is 0 Å². The summed E-state index contributed by atoms with van der Waals surface area (Å²) in [5.41, 5.74) is 2.76. The second kappa shape index (κ2) is 6.88. The molecular weight excluding hydrogens is 250 g/mol. The lowest BCUT2D eigenvalue weighted by Crippen LogP contribution is -2.17. The Balaban J connectivity index is 1.90. The van der Waals surface area contributed by atoms with Gasteiger partial charge in [-0.3, -0.25) is 0 Å². The smallest absolute Gasteiger partial charge is 0.0388 e. The van der Waals surface area contributed by atoms with Gasteiger partial charge in [0, 0.05) is 22.3 Å². The number of hydrogen-bond donors (Lipinski definition) is 1. The van der Waals surface area contributed by atoms with Crippen LogP contribution in [0.3, 0.4) is 0 Å². The quantitative estimate of drug-likeness (QED) is 0.802. The normalized spacial score (nSPS) is 12.6. The number of thiophene rings is 1. The molecule has 1 nitrogen and oxygen atoms in total. The molecule has 102 valence electrons. The van der Waals surface area contributed by atoms with Crippen molar-refractivity contribution in [3.05, 3.63) is 57.3 Å². The molecule has 2 heteroatoms. The maximum atomic E-state index is 3.60. The van der Waals surface area contributed by atoms with E-state index in [1.54, 1.807) is 0 Å². The summed E-state index contributed by atoms with van der Waals surface area (Å²) in [5.74, 6) is 0. The van der Waals surface area contributed by atoms with Crippen LogP contribution in [-0.2, 0) is 19.4 Å². The molecule has 0 amide bonds. The minimum absolute atomic E-state index is 0.427. The monoisotopic (exact) mass is 273 g/mol. The minimum Gasteiger partial charge on any atom is -0.305 e. The summed E-state index contributed by atoms with van der Waals surface area (Å²) in [7, 11) is 0. The highest BCUT2D eigenvalue weighted by molar-refractivity contribution is 7.12. The van der Waals surface area contributed by atoms with E-state index >= 15 is 0 Å². The third-order valence-corrected chi connectivity index (χ3v) is 4.91. The van der Waals surface area contributed by atoms with E-state index in [1.165, 1.54) is 20.9 Å². The topological polar surface area (TPSA) is 12.0 Å². The van der Waals surface area contributed by atoms with Crippen LogP contribution in [0, 0.1) is 0 Å². The van der Waals surface area contributed by atoms with Crippen LogP contribution in [0.1, 0.15) is 47.7 Å². The molecule has 19 heavy (non-hydrogen) atoms. The second-order valence-corrected chi connectivity index (χ2v) is 6.13. The number of benzene rings is 1. The van der Waals surface area contributed by atoms with Gasteiger partial charge in [-0.2, -0.15) is 0 Å². The molecule has 0 aliphatic carbocycles. The fraction of sp³-hybridized carbons (Fsp3) is 0.412. The standard InChI is InChI=1S/C17H23NS/c1-4-14-6-8-15(9-7-14)12-18-13(3)17-11-10-16(5-2)19-17/h6-11,13,18H,4-5,12H2,1-3H3. The zero-order valence-electron chi connectivity index (χ0n) is 12.1. The highest BCUT2D eigenvalue weighted by atomic mass is 32.1. The van der Waals surface area contributed by atoms with E-state index in [1.807, 2.05) is 11.3 Å². The highest BCUT2D eigenvalue weighted by Gasteiger charge is 2.07. The number of nitrogens with one attached hydrogen (secondary N) is 1. The predicted octanol–water partition coefficient (Wildman–Crippen LogP) is 4.72. The van der Waals surface area contributed by atoms with Crippen molar-refractivity contribution in [1.82, 2.24) is 5.32 Å². The summed E-state index contributed by atoms with van der Waals surface area (Å²) < 4.78 is 0. The number of hydrogen-bond acceptors (Lipinski definition) is 2. The Morgan fingerprint density at radius 2 is 1.63 bits per heavy atom. The molecule has 1 aromatic heterocycles. The van der Waals surface area contributed by atoms with Crippen molar-refractivity contribution < 1.29 is 0 Å². The zero-order chi connectivity index (χ0) is 13.7. The van der Waals surface area contributed by atoms with Crippen LogP contribution >= 0.6 is 11.3 Å². The maximum Gasteiger partial charge on any atom is 0.0388 e. The minimum atomic E-state index is 0.427. The molecule has 0 aliphatic rings. The van der Waals surface area contributed by atoms with E-state index in [4.69, 9.17) is 0 Å². The van der Waals surface area contributed by atoms with Gasteiger partial charge in [0.15, 0.2) is 0 Å². The Morgan fingerprint density at radius 3 is 2.21 bits per heavy atom. The molecule has 0 saturated heterocycles. The SMILES string of the molecule is CCc1ccc(CNC(C)c2ccc(CC)s2)cc1. The molecule has 0 bridgehead atoms. The molecule has 1 atom stereocenters. The predicted molar refractivity (Wildman–Crippen MR) is 84.8 cm³/mol. The fourth-order valence-electron chi connectivity index (χ4n) is 2.08. The van der Waals surface area contributed by atoms with Crippen LogP contribution in [0.4, 0.5) is 0 Å². The molecule has 0 saturated carbocycles. The molecule has 1 N–H and O–H groups in total.